The van der Waals surface area contributed by atoms with Crippen LogP contribution in [-0.2, 0) is 6.42 Å². The van der Waals surface area contributed by atoms with E-state index in [1.54, 1.807) is 6.07 Å². The highest BCUT2D eigenvalue weighted by Gasteiger charge is 2.20. The Hall–Kier alpha value is -2.21. The molecule has 3 rings (SSSR count). The molecule has 0 aliphatic carbocycles. The average molecular weight is 262 g/mol. The van der Waals surface area contributed by atoms with Crippen molar-refractivity contribution in [3.8, 4) is 11.5 Å². The molecule has 4 N–H and O–H groups in total. The monoisotopic (exact) mass is 262 g/mol. The van der Waals surface area contributed by atoms with Gasteiger partial charge in [0.15, 0.2) is 11.5 Å². The minimum atomic E-state index is -0.987. The number of rotatable bonds is 3. The van der Waals surface area contributed by atoms with Crippen molar-refractivity contribution in [1.29, 1.82) is 0 Å². The van der Waals surface area contributed by atoms with Crippen LogP contribution in [0.2, 0.25) is 0 Å². The third-order valence-corrected chi connectivity index (χ3v) is 3.18. The summed E-state index contributed by atoms with van der Waals surface area (Å²) < 4.78 is 11.0. The first-order valence-corrected chi connectivity index (χ1v) is 6.08. The van der Waals surface area contributed by atoms with Crippen LogP contribution < -0.4 is 15.2 Å². The molecule has 6 heteroatoms. The van der Waals surface area contributed by atoms with E-state index in [1.165, 1.54) is 0 Å². The Bertz CT molecular complexity index is 648. The minimum absolute atomic E-state index is 0.183. The molecule has 0 fully saturated rings. The molecule has 0 unspecified atom stereocenters. The Morgan fingerprint density at radius 3 is 2.63 bits per heavy atom. The summed E-state index contributed by atoms with van der Waals surface area (Å²) in [6.45, 7) is 1.39. The maximum Gasteiger partial charge on any atom is 0.352 e. The summed E-state index contributed by atoms with van der Waals surface area (Å²) in [5, 5.41) is 10.1. The van der Waals surface area contributed by atoms with Gasteiger partial charge in [-0.1, -0.05) is 0 Å². The van der Waals surface area contributed by atoms with Gasteiger partial charge < -0.3 is 25.3 Å². The Balaban J connectivity index is 2.23. The zero-order chi connectivity index (χ0) is 13.4. The molecule has 0 saturated carbocycles. The Kier molecular flexibility index (Phi) is 2.79. The molecule has 1 aromatic carbocycles. The summed E-state index contributed by atoms with van der Waals surface area (Å²) in [6.07, 6.45) is 0.501. The first-order chi connectivity index (χ1) is 9.20. The van der Waals surface area contributed by atoms with E-state index in [-0.39, 0.29) is 5.69 Å². The van der Waals surface area contributed by atoms with Crippen LogP contribution in [0, 0.1) is 0 Å². The average Bonchev–Trinajstić information content (AvgIpc) is 2.75. The van der Waals surface area contributed by atoms with E-state index in [0.717, 1.165) is 10.9 Å². The molecule has 0 amide bonds. The number of aromatic amines is 1. The molecule has 0 spiro atoms. The number of nitrogens with two attached hydrogens (primary N) is 1. The molecule has 2 heterocycles. The van der Waals surface area contributed by atoms with E-state index < -0.39 is 5.97 Å². The van der Waals surface area contributed by atoms with Gasteiger partial charge in [0.2, 0.25) is 0 Å². The summed E-state index contributed by atoms with van der Waals surface area (Å²) >= 11 is 0. The Morgan fingerprint density at radius 1 is 1.32 bits per heavy atom. The van der Waals surface area contributed by atoms with Crippen LogP contribution >= 0.6 is 0 Å². The lowest BCUT2D eigenvalue weighted by Gasteiger charge is -2.18. The van der Waals surface area contributed by atoms with E-state index in [0.29, 0.717) is 43.2 Å². The van der Waals surface area contributed by atoms with E-state index in [4.69, 9.17) is 15.2 Å². The van der Waals surface area contributed by atoms with E-state index in [2.05, 4.69) is 4.98 Å². The fraction of sp³-hybridized carbons (Fsp3) is 0.308. The third kappa shape index (κ3) is 1.90. The largest absolute Gasteiger partial charge is 0.486 e. The summed E-state index contributed by atoms with van der Waals surface area (Å²) in [7, 11) is 0. The number of hydrogen-bond acceptors (Lipinski definition) is 4. The molecule has 19 heavy (non-hydrogen) atoms. The number of carboxylic acid groups (broad SMARTS) is 1. The maximum absolute atomic E-state index is 11.3. The number of aromatic nitrogens is 1. The standard InChI is InChI=1S/C13H14N2O4/c14-2-1-7-8-5-10-11(19-4-3-18-10)6-9(8)15-12(7)13(16)17/h5-6,15H,1-4,14H2,(H,16,17). The highest BCUT2D eigenvalue weighted by molar-refractivity contribution is 5.98. The fourth-order valence-electron chi connectivity index (χ4n) is 2.37. The molecule has 0 bridgehead atoms. The van der Waals surface area contributed by atoms with Crippen LogP contribution in [0.3, 0.4) is 0 Å². The third-order valence-electron chi connectivity index (χ3n) is 3.18. The van der Waals surface area contributed by atoms with Gasteiger partial charge in [0, 0.05) is 11.5 Å². The van der Waals surface area contributed by atoms with Gasteiger partial charge >= 0.3 is 5.97 Å². The van der Waals surface area contributed by atoms with Gasteiger partial charge in [0.1, 0.15) is 18.9 Å². The number of aromatic carboxylic acids is 1. The van der Waals surface area contributed by atoms with Crippen LogP contribution in [0.15, 0.2) is 12.1 Å². The van der Waals surface area contributed by atoms with Crippen molar-refractivity contribution < 1.29 is 19.4 Å². The SMILES string of the molecule is NCCc1c(C(=O)O)[nH]c2cc3c(cc12)OCCO3. The predicted molar refractivity (Wildman–Crippen MR) is 69.0 cm³/mol. The lowest BCUT2D eigenvalue weighted by molar-refractivity contribution is 0.0690. The van der Waals surface area contributed by atoms with Gasteiger partial charge in [-0.15, -0.1) is 0 Å². The lowest BCUT2D eigenvalue weighted by atomic mass is 10.1. The molecule has 6 nitrogen and oxygen atoms in total. The number of hydrogen-bond donors (Lipinski definition) is 3. The number of ether oxygens (including phenoxy) is 2. The molecule has 1 aromatic heterocycles. The highest BCUT2D eigenvalue weighted by atomic mass is 16.6. The number of fused-ring (bicyclic) bond motifs is 2. The van der Waals surface area contributed by atoms with Gasteiger partial charge in [-0.05, 0) is 24.6 Å². The van der Waals surface area contributed by atoms with Crippen LogP contribution in [-0.4, -0.2) is 35.8 Å². The molecular formula is C13H14N2O4. The van der Waals surface area contributed by atoms with E-state index in [1.807, 2.05) is 6.07 Å². The summed E-state index contributed by atoms with van der Waals surface area (Å²) in [6, 6.07) is 3.59. The minimum Gasteiger partial charge on any atom is -0.486 e. The normalized spacial score (nSPS) is 13.7. The van der Waals surface area contributed by atoms with Gasteiger partial charge in [0.05, 0.1) is 5.52 Å². The van der Waals surface area contributed by atoms with Crippen molar-refractivity contribution in [2.24, 2.45) is 5.73 Å². The van der Waals surface area contributed by atoms with Crippen molar-refractivity contribution in [3.63, 3.8) is 0 Å². The van der Waals surface area contributed by atoms with Gasteiger partial charge in [-0.25, -0.2) is 4.79 Å². The van der Waals surface area contributed by atoms with Crippen molar-refractivity contribution in [2.45, 2.75) is 6.42 Å². The predicted octanol–water partition coefficient (Wildman–Crippen LogP) is 1.14. The van der Waals surface area contributed by atoms with Crippen LogP contribution in [0.1, 0.15) is 16.1 Å². The van der Waals surface area contributed by atoms with Gasteiger partial charge in [-0.2, -0.15) is 0 Å². The number of benzene rings is 1. The van der Waals surface area contributed by atoms with Crippen molar-refractivity contribution in [3.05, 3.63) is 23.4 Å². The van der Waals surface area contributed by atoms with Crippen molar-refractivity contribution in [1.82, 2.24) is 4.98 Å². The molecule has 0 radical (unpaired) electrons. The Morgan fingerprint density at radius 2 is 2.00 bits per heavy atom. The zero-order valence-corrected chi connectivity index (χ0v) is 10.2. The smallest absolute Gasteiger partial charge is 0.352 e. The molecule has 2 aromatic rings. The second-order valence-corrected chi connectivity index (χ2v) is 4.36. The number of carbonyl (C=O) groups is 1. The Labute approximate surface area is 109 Å². The lowest BCUT2D eigenvalue weighted by Crippen LogP contribution is -2.15. The first-order valence-electron chi connectivity index (χ1n) is 6.08. The summed E-state index contributed by atoms with van der Waals surface area (Å²) in [5.41, 5.74) is 7.18. The van der Waals surface area contributed by atoms with Gasteiger partial charge in [0.25, 0.3) is 0 Å². The maximum atomic E-state index is 11.3. The second-order valence-electron chi connectivity index (χ2n) is 4.36. The first kappa shape index (κ1) is 11.9. The number of nitrogens with one attached hydrogen (secondary N) is 1. The van der Waals surface area contributed by atoms with E-state index >= 15 is 0 Å². The molecule has 1 aliphatic rings. The second kappa shape index (κ2) is 4.47. The molecule has 0 saturated heterocycles. The van der Waals surface area contributed by atoms with Crippen molar-refractivity contribution in [2.75, 3.05) is 19.8 Å². The zero-order valence-electron chi connectivity index (χ0n) is 10.2. The quantitative estimate of drug-likeness (QED) is 0.770. The highest BCUT2D eigenvalue weighted by Crippen LogP contribution is 2.36. The topological polar surface area (TPSA) is 97.6 Å². The molecule has 1 aliphatic heterocycles. The molecule has 0 atom stereocenters. The molecular weight excluding hydrogens is 248 g/mol. The molecule has 100 valence electrons. The summed E-state index contributed by atoms with van der Waals surface area (Å²) in [5.74, 6) is 0.295. The van der Waals surface area contributed by atoms with Crippen LogP contribution in [0.25, 0.3) is 10.9 Å². The number of H-pyrrole nitrogens is 1. The van der Waals surface area contributed by atoms with Crippen molar-refractivity contribution >= 4 is 16.9 Å². The van der Waals surface area contributed by atoms with E-state index in [9.17, 15) is 9.90 Å². The fourth-order valence-corrected chi connectivity index (χ4v) is 2.37. The number of carboxylic acids is 1. The van der Waals surface area contributed by atoms with Crippen LogP contribution in [0.5, 0.6) is 11.5 Å². The van der Waals surface area contributed by atoms with Crippen LogP contribution in [0.4, 0.5) is 0 Å². The van der Waals surface area contributed by atoms with Gasteiger partial charge in [-0.3, -0.25) is 0 Å². The summed E-state index contributed by atoms with van der Waals surface area (Å²) in [4.78, 5) is 14.2.